The Bertz CT molecular complexity index is 387. The minimum Gasteiger partial charge on any atom is -0.479 e. The molecule has 3 N–H and O–H groups in total. The van der Waals surface area contributed by atoms with Crippen LogP contribution in [0.3, 0.4) is 0 Å². The molecule has 0 saturated carbocycles. The topological polar surface area (TPSA) is 69.6 Å². The number of hydrogen-bond donors (Lipinski definition) is 3. The summed E-state index contributed by atoms with van der Waals surface area (Å²) in [6.07, 6.45) is 2.65. The summed E-state index contributed by atoms with van der Waals surface area (Å²) in [4.78, 5) is 11.4. The molecule has 0 unspecified atom stereocenters. The standard InChI is InChI=1S/C13H17NO3/c15-12(16)13(17,10-6-2-1-3-7-10)11-8-4-5-9-14-11/h1-3,6-7,11,14,17H,4-5,8-9H2,(H,15,16)/t11-,13+/m1/s1. The minimum absolute atomic E-state index is 0.420. The van der Waals surface area contributed by atoms with Crippen LogP contribution < -0.4 is 5.32 Å². The van der Waals surface area contributed by atoms with Crippen LogP contribution >= 0.6 is 0 Å². The molecule has 0 aliphatic carbocycles. The Hall–Kier alpha value is -1.39. The van der Waals surface area contributed by atoms with Crippen LogP contribution in [0.1, 0.15) is 24.8 Å². The van der Waals surface area contributed by atoms with Crippen molar-refractivity contribution in [3.63, 3.8) is 0 Å². The van der Waals surface area contributed by atoms with Gasteiger partial charge in [0, 0.05) is 0 Å². The molecule has 2 rings (SSSR count). The van der Waals surface area contributed by atoms with E-state index in [1.54, 1.807) is 30.3 Å². The van der Waals surface area contributed by atoms with Crippen LogP contribution in [0.15, 0.2) is 30.3 Å². The van der Waals surface area contributed by atoms with Crippen molar-refractivity contribution in [1.82, 2.24) is 5.32 Å². The van der Waals surface area contributed by atoms with Crippen LogP contribution in [0.5, 0.6) is 0 Å². The van der Waals surface area contributed by atoms with Crippen LogP contribution in [-0.2, 0) is 10.4 Å². The largest absolute Gasteiger partial charge is 0.479 e. The zero-order chi connectivity index (χ0) is 12.3. The predicted octanol–water partition coefficient (Wildman–Crippen LogP) is 1.10. The molecule has 4 heteroatoms. The van der Waals surface area contributed by atoms with Crippen molar-refractivity contribution in [2.24, 2.45) is 0 Å². The molecule has 1 aliphatic rings. The molecular weight excluding hydrogens is 218 g/mol. The first-order valence-corrected chi connectivity index (χ1v) is 5.90. The van der Waals surface area contributed by atoms with Crippen molar-refractivity contribution in [3.8, 4) is 0 Å². The molecule has 0 bridgehead atoms. The summed E-state index contributed by atoms with van der Waals surface area (Å²) in [6, 6.07) is 8.18. The van der Waals surface area contributed by atoms with Gasteiger partial charge in [0.1, 0.15) is 0 Å². The molecule has 1 saturated heterocycles. The number of carboxylic acids is 1. The van der Waals surface area contributed by atoms with Crippen LogP contribution in [0, 0.1) is 0 Å². The normalized spacial score (nSPS) is 23.9. The molecule has 0 amide bonds. The number of carbonyl (C=O) groups is 1. The van der Waals surface area contributed by atoms with Gasteiger partial charge in [-0.05, 0) is 24.9 Å². The average molecular weight is 235 g/mol. The van der Waals surface area contributed by atoms with Gasteiger partial charge in [0.05, 0.1) is 6.04 Å². The fourth-order valence-corrected chi connectivity index (χ4v) is 2.37. The second-order valence-electron chi connectivity index (χ2n) is 4.44. The van der Waals surface area contributed by atoms with Crippen LogP contribution in [-0.4, -0.2) is 28.8 Å². The predicted molar refractivity (Wildman–Crippen MR) is 63.6 cm³/mol. The highest BCUT2D eigenvalue weighted by atomic mass is 16.4. The summed E-state index contributed by atoms with van der Waals surface area (Å²) < 4.78 is 0. The average Bonchev–Trinajstić information content (AvgIpc) is 2.39. The number of carboxylic acid groups (broad SMARTS) is 1. The third-order valence-corrected chi connectivity index (χ3v) is 3.35. The summed E-state index contributed by atoms with van der Waals surface area (Å²) in [5.41, 5.74) is -1.39. The number of aliphatic carboxylic acids is 1. The van der Waals surface area contributed by atoms with E-state index in [1.165, 1.54) is 0 Å². The monoisotopic (exact) mass is 235 g/mol. The van der Waals surface area contributed by atoms with E-state index in [4.69, 9.17) is 0 Å². The Morgan fingerprint density at radius 1 is 1.29 bits per heavy atom. The zero-order valence-corrected chi connectivity index (χ0v) is 9.60. The van der Waals surface area contributed by atoms with Crippen LogP contribution in [0.4, 0.5) is 0 Å². The van der Waals surface area contributed by atoms with Crippen molar-refractivity contribution >= 4 is 5.97 Å². The van der Waals surface area contributed by atoms with Gasteiger partial charge in [-0.25, -0.2) is 4.79 Å². The molecule has 0 spiro atoms. The summed E-state index contributed by atoms with van der Waals surface area (Å²) >= 11 is 0. The molecular formula is C13H17NO3. The number of benzene rings is 1. The van der Waals surface area contributed by atoms with Crippen molar-refractivity contribution in [1.29, 1.82) is 0 Å². The van der Waals surface area contributed by atoms with Gasteiger partial charge in [-0.3, -0.25) is 0 Å². The Morgan fingerprint density at radius 3 is 2.53 bits per heavy atom. The summed E-state index contributed by atoms with van der Waals surface area (Å²) in [5.74, 6) is -1.19. The highest BCUT2D eigenvalue weighted by Gasteiger charge is 2.45. The molecule has 1 aromatic carbocycles. The lowest BCUT2D eigenvalue weighted by Gasteiger charge is -2.36. The zero-order valence-electron chi connectivity index (χ0n) is 9.60. The van der Waals surface area contributed by atoms with Crippen molar-refractivity contribution in [2.45, 2.75) is 30.9 Å². The fourth-order valence-electron chi connectivity index (χ4n) is 2.37. The van der Waals surface area contributed by atoms with Gasteiger partial charge in [0.25, 0.3) is 0 Å². The van der Waals surface area contributed by atoms with E-state index in [2.05, 4.69) is 5.32 Å². The van der Waals surface area contributed by atoms with Crippen LogP contribution in [0.2, 0.25) is 0 Å². The number of piperidine rings is 1. The first kappa shape index (κ1) is 12.1. The molecule has 4 nitrogen and oxygen atoms in total. The minimum atomic E-state index is -1.83. The van der Waals surface area contributed by atoms with E-state index in [0.29, 0.717) is 12.0 Å². The fraction of sp³-hybridized carbons (Fsp3) is 0.462. The Kier molecular flexibility index (Phi) is 3.45. The summed E-state index contributed by atoms with van der Waals surface area (Å²) in [7, 11) is 0. The van der Waals surface area contributed by atoms with Gasteiger partial charge >= 0.3 is 5.97 Å². The molecule has 1 aliphatic heterocycles. The number of aliphatic hydroxyl groups is 1. The van der Waals surface area contributed by atoms with Gasteiger partial charge in [0.2, 0.25) is 5.60 Å². The number of rotatable bonds is 3. The highest BCUT2D eigenvalue weighted by Crippen LogP contribution is 2.29. The number of hydrogen-bond acceptors (Lipinski definition) is 3. The Morgan fingerprint density at radius 2 is 2.00 bits per heavy atom. The maximum absolute atomic E-state index is 11.4. The van der Waals surface area contributed by atoms with Crippen molar-refractivity contribution < 1.29 is 15.0 Å². The molecule has 0 aromatic heterocycles. The van der Waals surface area contributed by atoms with E-state index in [1.807, 2.05) is 0 Å². The Labute approximate surface area is 100 Å². The van der Waals surface area contributed by atoms with E-state index >= 15 is 0 Å². The maximum Gasteiger partial charge on any atom is 0.342 e. The second-order valence-corrected chi connectivity index (χ2v) is 4.44. The lowest BCUT2D eigenvalue weighted by molar-refractivity contribution is -0.164. The lowest BCUT2D eigenvalue weighted by atomic mass is 9.82. The molecule has 2 atom stereocenters. The Balaban J connectivity index is 2.35. The molecule has 17 heavy (non-hydrogen) atoms. The SMILES string of the molecule is O=C(O)[C@](O)(c1ccccc1)[C@H]1CCCCN1. The molecule has 92 valence electrons. The van der Waals surface area contributed by atoms with Gasteiger partial charge < -0.3 is 15.5 Å². The van der Waals surface area contributed by atoms with Gasteiger partial charge in [-0.15, -0.1) is 0 Å². The molecule has 0 radical (unpaired) electrons. The lowest BCUT2D eigenvalue weighted by Crippen LogP contribution is -2.55. The van der Waals surface area contributed by atoms with Gasteiger partial charge in [-0.2, -0.15) is 0 Å². The van der Waals surface area contributed by atoms with Crippen LogP contribution in [0.25, 0.3) is 0 Å². The quantitative estimate of drug-likeness (QED) is 0.734. The third-order valence-electron chi connectivity index (χ3n) is 3.35. The first-order valence-electron chi connectivity index (χ1n) is 5.90. The van der Waals surface area contributed by atoms with Crippen molar-refractivity contribution in [2.75, 3.05) is 6.54 Å². The molecule has 1 heterocycles. The van der Waals surface area contributed by atoms with E-state index in [-0.39, 0.29) is 0 Å². The van der Waals surface area contributed by atoms with E-state index < -0.39 is 17.6 Å². The second kappa shape index (κ2) is 4.85. The van der Waals surface area contributed by atoms with E-state index in [9.17, 15) is 15.0 Å². The van der Waals surface area contributed by atoms with E-state index in [0.717, 1.165) is 19.4 Å². The van der Waals surface area contributed by atoms with Crippen molar-refractivity contribution in [3.05, 3.63) is 35.9 Å². The highest BCUT2D eigenvalue weighted by molar-refractivity contribution is 5.80. The molecule has 1 fully saturated rings. The van der Waals surface area contributed by atoms with Gasteiger partial charge in [-0.1, -0.05) is 36.8 Å². The number of nitrogens with one attached hydrogen (secondary N) is 1. The summed E-state index contributed by atoms with van der Waals surface area (Å²) in [6.45, 7) is 0.757. The first-order chi connectivity index (χ1) is 8.15. The molecule has 1 aromatic rings. The third kappa shape index (κ3) is 2.18. The van der Waals surface area contributed by atoms with Gasteiger partial charge in [0.15, 0.2) is 0 Å². The maximum atomic E-state index is 11.4. The smallest absolute Gasteiger partial charge is 0.342 e. The summed E-state index contributed by atoms with van der Waals surface area (Å²) in [5, 5.41) is 23.0.